The van der Waals surface area contributed by atoms with E-state index in [-0.39, 0.29) is 23.3 Å². The topological polar surface area (TPSA) is 134 Å². The molecule has 0 saturated heterocycles. The Kier molecular flexibility index (Phi) is 5.32. The minimum atomic E-state index is -1.02. The van der Waals surface area contributed by atoms with Gasteiger partial charge in [0, 0.05) is 55.0 Å². The summed E-state index contributed by atoms with van der Waals surface area (Å²) in [5, 5.41) is 23.1. The van der Waals surface area contributed by atoms with Crippen molar-refractivity contribution in [3.63, 3.8) is 0 Å². The molecule has 0 spiro atoms. The van der Waals surface area contributed by atoms with Crippen LogP contribution >= 0.6 is 0 Å². The van der Waals surface area contributed by atoms with Gasteiger partial charge in [-0.2, -0.15) is 4.39 Å². The van der Waals surface area contributed by atoms with Crippen molar-refractivity contribution in [2.75, 3.05) is 12.4 Å². The van der Waals surface area contributed by atoms with E-state index in [1.165, 1.54) is 13.3 Å². The number of nitro benzene ring substituents is 1. The summed E-state index contributed by atoms with van der Waals surface area (Å²) in [4.78, 5) is 19.4. The second-order valence-corrected chi connectivity index (χ2v) is 7.64. The highest BCUT2D eigenvalue weighted by Gasteiger charge is 2.22. The van der Waals surface area contributed by atoms with Gasteiger partial charge in [-0.25, -0.2) is 9.97 Å². The van der Waals surface area contributed by atoms with Crippen LogP contribution in [0.4, 0.5) is 21.7 Å². The summed E-state index contributed by atoms with van der Waals surface area (Å²) >= 11 is 0. The number of hydrogen-bond donors (Lipinski definition) is 1. The highest BCUT2D eigenvalue weighted by atomic mass is 19.1. The normalized spacial score (nSPS) is 11.1. The first-order valence-electron chi connectivity index (χ1n) is 10.4. The number of nitrogens with zero attached hydrogens (tertiary/aromatic N) is 6. The van der Waals surface area contributed by atoms with Gasteiger partial charge >= 0.3 is 5.69 Å². The van der Waals surface area contributed by atoms with Crippen molar-refractivity contribution in [2.45, 2.75) is 6.92 Å². The Bertz CT molecular complexity index is 1590. The molecule has 0 bridgehead atoms. The number of anilines is 2. The van der Waals surface area contributed by atoms with Crippen molar-refractivity contribution >= 4 is 28.2 Å². The lowest BCUT2D eigenvalue weighted by Gasteiger charge is -2.12. The van der Waals surface area contributed by atoms with Crippen molar-refractivity contribution in [3.8, 4) is 28.5 Å². The Labute approximate surface area is 197 Å². The number of benzene rings is 2. The average Bonchev–Trinajstić information content (AvgIpc) is 3.43. The van der Waals surface area contributed by atoms with Gasteiger partial charge in [-0.05, 0) is 6.07 Å². The van der Waals surface area contributed by atoms with Crippen molar-refractivity contribution in [1.82, 2.24) is 24.7 Å². The Morgan fingerprint density at radius 1 is 1.20 bits per heavy atom. The van der Waals surface area contributed by atoms with Crippen molar-refractivity contribution in [1.29, 1.82) is 0 Å². The van der Waals surface area contributed by atoms with E-state index < -0.39 is 16.4 Å². The Hall–Kier alpha value is -4.87. The van der Waals surface area contributed by atoms with Gasteiger partial charge in [-0.3, -0.25) is 10.1 Å². The zero-order valence-corrected chi connectivity index (χ0v) is 18.8. The fourth-order valence-electron chi connectivity index (χ4n) is 3.81. The molecule has 0 unspecified atom stereocenters. The van der Waals surface area contributed by atoms with E-state index in [0.29, 0.717) is 17.1 Å². The molecule has 0 amide bonds. The molecule has 0 fully saturated rings. The molecule has 0 saturated carbocycles. The molecule has 3 heterocycles. The summed E-state index contributed by atoms with van der Waals surface area (Å²) < 4.78 is 26.9. The van der Waals surface area contributed by atoms with Crippen LogP contribution in [-0.2, 0) is 7.05 Å². The number of rotatable bonds is 6. The van der Waals surface area contributed by atoms with Gasteiger partial charge in [0.15, 0.2) is 0 Å². The first kappa shape index (κ1) is 21.9. The third-order valence-corrected chi connectivity index (χ3v) is 5.41. The molecule has 176 valence electrons. The maximum Gasteiger partial charge on any atom is 0.307 e. The maximum absolute atomic E-state index is 14.1. The van der Waals surface area contributed by atoms with E-state index in [1.807, 2.05) is 42.1 Å². The Balaban J connectivity index is 1.68. The fraction of sp³-hybridized carbons (Fsp3) is 0.130. The standard InChI is InChI=1S/C23H18FN7O4/c1-12-28-29-22(35-12)14-10-25-23(26-17-9-19(31(32)33)16(24)8-20(17)34-3)27-21(14)15-11-30(2)18-7-5-4-6-13(15)18/h4-11H,1-3H3,(H,25,26,27). The molecule has 5 aromatic rings. The quantitative estimate of drug-likeness (QED) is 0.272. The molecule has 1 N–H and O–H groups in total. The molecule has 12 heteroatoms. The number of hydrogen-bond acceptors (Lipinski definition) is 9. The van der Waals surface area contributed by atoms with Crippen LogP contribution in [0.3, 0.4) is 0 Å². The first-order chi connectivity index (χ1) is 16.9. The van der Waals surface area contributed by atoms with Crippen LogP contribution in [0.15, 0.2) is 53.2 Å². The molecule has 2 aromatic carbocycles. The number of aromatic nitrogens is 5. The smallest absolute Gasteiger partial charge is 0.307 e. The van der Waals surface area contributed by atoms with Crippen molar-refractivity contribution in [3.05, 3.63) is 70.6 Å². The minimum Gasteiger partial charge on any atom is -0.494 e. The lowest BCUT2D eigenvalue weighted by Crippen LogP contribution is -2.03. The highest BCUT2D eigenvalue weighted by molar-refractivity contribution is 5.98. The second-order valence-electron chi connectivity index (χ2n) is 7.64. The van der Waals surface area contributed by atoms with Crippen molar-refractivity contribution < 1.29 is 18.5 Å². The van der Waals surface area contributed by atoms with E-state index in [4.69, 9.17) is 9.15 Å². The second kappa shape index (κ2) is 8.48. The SMILES string of the molecule is COc1cc(F)c([N+](=O)[O-])cc1Nc1ncc(-c2nnc(C)o2)c(-c2cn(C)c3ccccc23)n1. The lowest BCUT2D eigenvalue weighted by atomic mass is 10.1. The number of methoxy groups -OCH3 is 1. The summed E-state index contributed by atoms with van der Waals surface area (Å²) in [7, 11) is 3.25. The number of fused-ring (bicyclic) bond motifs is 1. The van der Waals surface area contributed by atoms with E-state index in [2.05, 4.69) is 25.5 Å². The van der Waals surface area contributed by atoms with Crippen molar-refractivity contribution in [2.24, 2.45) is 7.05 Å². The van der Waals surface area contributed by atoms with E-state index in [9.17, 15) is 14.5 Å². The predicted octanol–water partition coefficient (Wildman–Crippen LogP) is 4.79. The maximum atomic E-state index is 14.1. The van der Waals surface area contributed by atoms with E-state index in [0.717, 1.165) is 28.6 Å². The lowest BCUT2D eigenvalue weighted by molar-refractivity contribution is -0.387. The molecule has 0 aliphatic heterocycles. The molecular formula is C23H18FN7O4. The van der Waals surface area contributed by atoms with Crippen LogP contribution in [-0.4, -0.2) is 36.8 Å². The van der Waals surface area contributed by atoms with Crippen LogP contribution in [0, 0.1) is 22.9 Å². The Morgan fingerprint density at radius 3 is 2.71 bits per heavy atom. The van der Waals surface area contributed by atoms with Gasteiger partial charge in [0.05, 0.1) is 29.0 Å². The minimum absolute atomic E-state index is 0.0556. The number of nitro groups is 1. The zero-order chi connectivity index (χ0) is 24.7. The van der Waals surface area contributed by atoms with Crippen LogP contribution in [0.1, 0.15) is 5.89 Å². The average molecular weight is 475 g/mol. The third-order valence-electron chi connectivity index (χ3n) is 5.41. The van der Waals surface area contributed by atoms with Crippen LogP contribution in [0.5, 0.6) is 5.75 Å². The molecule has 0 atom stereocenters. The largest absolute Gasteiger partial charge is 0.494 e. The van der Waals surface area contributed by atoms with Crippen LogP contribution < -0.4 is 10.1 Å². The third kappa shape index (κ3) is 3.90. The molecule has 0 radical (unpaired) electrons. The molecule has 35 heavy (non-hydrogen) atoms. The molecule has 0 aliphatic carbocycles. The van der Waals surface area contributed by atoms with Gasteiger partial charge in [0.2, 0.25) is 17.7 Å². The van der Waals surface area contributed by atoms with Crippen LogP contribution in [0.25, 0.3) is 33.6 Å². The summed E-state index contributed by atoms with van der Waals surface area (Å²) in [6.07, 6.45) is 3.44. The monoisotopic (exact) mass is 475 g/mol. The molecule has 5 rings (SSSR count). The first-order valence-corrected chi connectivity index (χ1v) is 10.4. The van der Waals surface area contributed by atoms with Gasteiger partial charge in [0.1, 0.15) is 5.75 Å². The Morgan fingerprint density at radius 2 is 2.00 bits per heavy atom. The summed E-state index contributed by atoms with van der Waals surface area (Å²) in [6, 6.07) is 9.78. The molecule has 0 aliphatic rings. The van der Waals surface area contributed by atoms with Crippen LogP contribution in [0.2, 0.25) is 0 Å². The molecule has 3 aromatic heterocycles. The number of nitrogens with one attached hydrogen (secondary N) is 1. The zero-order valence-electron chi connectivity index (χ0n) is 18.8. The number of halogens is 1. The highest BCUT2D eigenvalue weighted by Crippen LogP contribution is 2.37. The fourth-order valence-corrected chi connectivity index (χ4v) is 3.81. The van der Waals surface area contributed by atoms with E-state index in [1.54, 1.807) is 6.92 Å². The summed E-state index contributed by atoms with van der Waals surface area (Å²) in [5.74, 6) is -0.231. The number of para-hydroxylation sites is 1. The van der Waals surface area contributed by atoms with Gasteiger partial charge < -0.3 is 19.0 Å². The summed E-state index contributed by atoms with van der Waals surface area (Å²) in [6.45, 7) is 1.68. The number of ether oxygens (including phenoxy) is 1. The molecular weight excluding hydrogens is 457 g/mol. The summed E-state index contributed by atoms with van der Waals surface area (Å²) in [5.41, 5.74) is 2.20. The van der Waals surface area contributed by atoms with E-state index >= 15 is 0 Å². The van der Waals surface area contributed by atoms with Gasteiger partial charge in [0.25, 0.3) is 5.89 Å². The molecule has 11 nitrogen and oxygen atoms in total. The van der Waals surface area contributed by atoms with Gasteiger partial charge in [-0.15, -0.1) is 10.2 Å². The predicted molar refractivity (Wildman–Crippen MR) is 125 cm³/mol. The number of aryl methyl sites for hydroxylation is 2. The van der Waals surface area contributed by atoms with Gasteiger partial charge in [-0.1, -0.05) is 18.2 Å².